The van der Waals surface area contributed by atoms with Crippen molar-refractivity contribution >= 4 is 11.8 Å². The van der Waals surface area contributed by atoms with Crippen molar-refractivity contribution < 1.29 is 19.4 Å². The van der Waals surface area contributed by atoms with Gasteiger partial charge in [-0.25, -0.2) is 4.79 Å². The number of aromatic hydroxyl groups is 1. The van der Waals surface area contributed by atoms with E-state index in [1.54, 1.807) is 18.2 Å². The topological polar surface area (TPSA) is 75.6 Å². The van der Waals surface area contributed by atoms with E-state index in [9.17, 15) is 14.7 Å². The molecule has 0 radical (unpaired) electrons. The SMILES string of the molecule is CC1=C(C(=O)OC2CCCCCC2)[C@@H](c2cccc(O)c2)C2=C(CCCC2=O)N1. The first-order valence-electron chi connectivity index (χ1n) is 10.8. The summed E-state index contributed by atoms with van der Waals surface area (Å²) in [6.45, 7) is 1.88. The van der Waals surface area contributed by atoms with E-state index >= 15 is 0 Å². The number of carbonyl (C=O) groups excluding carboxylic acids is 2. The van der Waals surface area contributed by atoms with Gasteiger partial charge in [0.05, 0.1) is 5.57 Å². The van der Waals surface area contributed by atoms with Crippen LogP contribution in [0.3, 0.4) is 0 Å². The molecular weight excluding hydrogens is 366 g/mol. The Hall–Kier alpha value is -2.56. The third-order valence-electron chi connectivity index (χ3n) is 6.28. The second-order valence-electron chi connectivity index (χ2n) is 8.38. The summed E-state index contributed by atoms with van der Waals surface area (Å²) in [5.41, 5.74) is 3.54. The molecule has 2 aliphatic carbocycles. The summed E-state index contributed by atoms with van der Waals surface area (Å²) in [4.78, 5) is 26.2. The number of hydrogen-bond donors (Lipinski definition) is 2. The molecule has 0 unspecified atom stereocenters. The van der Waals surface area contributed by atoms with Gasteiger partial charge in [-0.15, -0.1) is 0 Å². The predicted octanol–water partition coefficient (Wildman–Crippen LogP) is 4.63. The van der Waals surface area contributed by atoms with Gasteiger partial charge >= 0.3 is 5.97 Å². The van der Waals surface area contributed by atoms with Crippen LogP contribution in [0.2, 0.25) is 0 Å². The third kappa shape index (κ3) is 4.09. The van der Waals surface area contributed by atoms with E-state index in [1.807, 2.05) is 13.0 Å². The number of Topliss-reactive ketones (excluding diaryl/α,β-unsaturated/α-hetero) is 1. The second-order valence-corrected chi connectivity index (χ2v) is 8.38. The fourth-order valence-electron chi connectivity index (χ4n) is 4.87. The maximum absolute atomic E-state index is 13.3. The Balaban J connectivity index is 1.71. The summed E-state index contributed by atoms with van der Waals surface area (Å²) >= 11 is 0. The van der Waals surface area contributed by atoms with Crippen LogP contribution in [-0.4, -0.2) is 23.0 Å². The van der Waals surface area contributed by atoms with E-state index in [1.165, 1.54) is 12.8 Å². The molecular formula is C24H29NO4. The largest absolute Gasteiger partial charge is 0.508 e. The van der Waals surface area contributed by atoms with Crippen molar-refractivity contribution in [3.05, 3.63) is 52.4 Å². The lowest BCUT2D eigenvalue weighted by Crippen LogP contribution is -2.35. The Kier molecular flexibility index (Phi) is 5.74. The van der Waals surface area contributed by atoms with Crippen molar-refractivity contribution in [2.24, 2.45) is 0 Å². The molecule has 5 nitrogen and oxygen atoms in total. The Bertz CT molecular complexity index is 875. The molecule has 0 bridgehead atoms. The molecule has 0 spiro atoms. The van der Waals surface area contributed by atoms with Crippen LogP contribution in [0, 0.1) is 0 Å². The summed E-state index contributed by atoms with van der Waals surface area (Å²) in [7, 11) is 0. The molecule has 1 aromatic rings. The minimum Gasteiger partial charge on any atom is -0.508 e. The van der Waals surface area contributed by atoms with Gasteiger partial charge in [0, 0.05) is 29.3 Å². The highest BCUT2D eigenvalue weighted by molar-refractivity contribution is 6.03. The molecule has 2 N–H and O–H groups in total. The van der Waals surface area contributed by atoms with Crippen molar-refractivity contribution in [1.82, 2.24) is 5.32 Å². The number of esters is 1. The number of phenols is 1. The molecule has 5 heteroatoms. The molecule has 3 aliphatic rings. The predicted molar refractivity (Wildman–Crippen MR) is 110 cm³/mol. The lowest BCUT2D eigenvalue weighted by atomic mass is 9.75. The van der Waals surface area contributed by atoms with Crippen LogP contribution >= 0.6 is 0 Å². The lowest BCUT2D eigenvalue weighted by Gasteiger charge is -2.34. The van der Waals surface area contributed by atoms with Crippen LogP contribution in [-0.2, 0) is 14.3 Å². The maximum atomic E-state index is 13.3. The average Bonchev–Trinajstić information content (AvgIpc) is 2.95. The summed E-state index contributed by atoms with van der Waals surface area (Å²) in [5, 5.41) is 13.4. The molecule has 1 fully saturated rings. The van der Waals surface area contributed by atoms with Crippen LogP contribution in [0.25, 0.3) is 0 Å². The first kappa shape index (κ1) is 19.7. The Morgan fingerprint density at radius 3 is 2.59 bits per heavy atom. The van der Waals surface area contributed by atoms with Gasteiger partial charge in [0.15, 0.2) is 5.78 Å². The highest BCUT2D eigenvalue weighted by atomic mass is 16.5. The van der Waals surface area contributed by atoms with Crippen molar-refractivity contribution in [2.45, 2.75) is 76.7 Å². The molecule has 4 rings (SSSR count). The average molecular weight is 395 g/mol. The first-order valence-corrected chi connectivity index (χ1v) is 10.8. The summed E-state index contributed by atoms with van der Waals surface area (Å²) < 4.78 is 5.94. The van der Waals surface area contributed by atoms with E-state index in [0.29, 0.717) is 17.6 Å². The Morgan fingerprint density at radius 1 is 1.10 bits per heavy atom. The van der Waals surface area contributed by atoms with Crippen LogP contribution in [0.4, 0.5) is 0 Å². The van der Waals surface area contributed by atoms with Crippen LogP contribution in [0.5, 0.6) is 5.75 Å². The van der Waals surface area contributed by atoms with Gasteiger partial charge in [-0.2, -0.15) is 0 Å². The van der Waals surface area contributed by atoms with E-state index in [-0.39, 0.29) is 23.6 Å². The van der Waals surface area contributed by atoms with Crippen molar-refractivity contribution in [1.29, 1.82) is 0 Å². The standard InChI is InChI=1S/C24H29NO4/c1-15-21(24(28)29-18-10-4-2-3-5-11-18)22(16-8-6-9-17(26)14-16)23-19(25-15)12-7-13-20(23)27/h6,8-9,14,18,22,25-26H,2-5,7,10-13H2,1H3/t22-/m1/s1. The Labute approximate surface area is 171 Å². The smallest absolute Gasteiger partial charge is 0.337 e. The highest BCUT2D eigenvalue weighted by Gasteiger charge is 2.39. The second kappa shape index (κ2) is 8.44. The Morgan fingerprint density at radius 2 is 1.86 bits per heavy atom. The molecule has 0 saturated heterocycles. The quantitative estimate of drug-likeness (QED) is 0.577. The number of phenolic OH excluding ortho intramolecular Hbond substituents is 1. The van der Waals surface area contributed by atoms with E-state index in [2.05, 4.69) is 5.32 Å². The molecule has 1 heterocycles. The maximum Gasteiger partial charge on any atom is 0.337 e. The number of benzene rings is 1. The summed E-state index contributed by atoms with van der Waals surface area (Å²) in [6, 6.07) is 6.87. The molecule has 29 heavy (non-hydrogen) atoms. The van der Waals surface area contributed by atoms with Gasteiger partial charge in [0.25, 0.3) is 0 Å². The minimum absolute atomic E-state index is 0.0624. The zero-order valence-electron chi connectivity index (χ0n) is 17.0. The molecule has 0 amide bonds. The number of ketones is 1. The van der Waals surface area contributed by atoms with Gasteiger partial charge < -0.3 is 15.2 Å². The number of allylic oxidation sites excluding steroid dienone is 3. The van der Waals surface area contributed by atoms with Crippen LogP contribution < -0.4 is 5.32 Å². The summed E-state index contributed by atoms with van der Waals surface area (Å²) in [5.74, 6) is -0.649. The number of hydrogen-bond acceptors (Lipinski definition) is 5. The molecule has 1 aliphatic heterocycles. The minimum atomic E-state index is -0.496. The lowest BCUT2D eigenvalue weighted by molar-refractivity contribution is -0.145. The van der Waals surface area contributed by atoms with Gasteiger partial charge in [0.2, 0.25) is 0 Å². The molecule has 154 valence electrons. The fourth-order valence-corrected chi connectivity index (χ4v) is 4.87. The number of dihydropyridines is 1. The monoisotopic (exact) mass is 395 g/mol. The number of rotatable bonds is 3. The zero-order chi connectivity index (χ0) is 20.4. The van der Waals surface area contributed by atoms with Gasteiger partial charge in [0.1, 0.15) is 11.9 Å². The van der Waals surface area contributed by atoms with Crippen LogP contribution in [0.1, 0.15) is 76.2 Å². The molecule has 1 aromatic carbocycles. The van der Waals surface area contributed by atoms with Crippen molar-refractivity contribution in [2.75, 3.05) is 0 Å². The first-order chi connectivity index (χ1) is 14.0. The van der Waals surface area contributed by atoms with Gasteiger partial charge in [-0.3, -0.25) is 4.79 Å². The molecule has 0 aromatic heterocycles. The molecule has 1 saturated carbocycles. The zero-order valence-corrected chi connectivity index (χ0v) is 17.0. The number of nitrogens with one attached hydrogen (secondary N) is 1. The summed E-state index contributed by atoms with van der Waals surface area (Å²) in [6.07, 6.45) is 8.36. The van der Waals surface area contributed by atoms with Crippen molar-refractivity contribution in [3.63, 3.8) is 0 Å². The molecule has 1 atom stereocenters. The highest BCUT2D eigenvalue weighted by Crippen LogP contribution is 2.43. The number of ether oxygens (including phenoxy) is 1. The van der Waals surface area contributed by atoms with E-state index < -0.39 is 5.92 Å². The third-order valence-corrected chi connectivity index (χ3v) is 6.28. The van der Waals surface area contributed by atoms with Crippen molar-refractivity contribution in [3.8, 4) is 5.75 Å². The van der Waals surface area contributed by atoms with Gasteiger partial charge in [-0.1, -0.05) is 25.0 Å². The van der Waals surface area contributed by atoms with Gasteiger partial charge in [-0.05, 0) is 63.1 Å². The van der Waals surface area contributed by atoms with E-state index in [0.717, 1.165) is 55.5 Å². The number of carbonyl (C=O) groups is 2. The van der Waals surface area contributed by atoms with Crippen LogP contribution in [0.15, 0.2) is 46.8 Å². The fraction of sp³-hybridized carbons (Fsp3) is 0.500. The van der Waals surface area contributed by atoms with E-state index in [4.69, 9.17) is 4.74 Å². The normalized spacial score (nSPS) is 23.3.